The summed E-state index contributed by atoms with van der Waals surface area (Å²) < 4.78 is 7.90. The van der Waals surface area contributed by atoms with Gasteiger partial charge in [-0.2, -0.15) is 0 Å². The minimum Gasteiger partial charge on any atom is -0.457 e. The summed E-state index contributed by atoms with van der Waals surface area (Å²) in [7, 11) is 2.03. The molecule has 3 aromatic rings. The molecule has 1 aromatic carbocycles. The number of nitrogens with zero attached hydrogens (tertiary/aromatic N) is 3. The number of hydrogen-bond donors (Lipinski definition) is 1. The summed E-state index contributed by atoms with van der Waals surface area (Å²) in [6, 6.07) is 9.70. The number of pyridine rings is 1. The van der Waals surface area contributed by atoms with Gasteiger partial charge in [0.1, 0.15) is 17.3 Å². The minimum atomic E-state index is 0.739. The summed E-state index contributed by atoms with van der Waals surface area (Å²) in [6.45, 7) is 4.80. The zero-order valence-electron chi connectivity index (χ0n) is 13.6. The number of aryl methyl sites for hydroxylation is 2. The monoisotopic (exact) mass is 308 g/mol. The van der Waals surface area contributed by atoms with E-state index in [4.69, 9.17) is 4.74 Å². The van der Waals surface area contributed by atoms with Crippen LogP contribution in [0.15, 0.2) is 48.9 Å². The van der Waals surface area contributed by atoms with Crippen molar-refractivity contribution in [2.45, 2.75) is 20.4 Å². The van der Waals surface area contributed by atoms with Crippen molar-refractivity contribution in [2.24, 2.45) is 7.05 Å². The van der Waals surface area contributed by atoms with E-state index in [0.717, 1.165) is 40.8 Å². The Kier molecular flexibility index (Phi) is 4.28. The Morgan fingerprint density at radius 1 is 1.09 bits per heavy atom. The van der Waals surface area contributed by atoms with Crippen LogP contribution >= 0.6 is 0 Å². The highest BCUT2D eigenvalue weighted by Crippen LogP contribution is 2.26. The topological polar surface area (TPSA) is 52.0 Å². The molecular weight excluding hydrogens is 288 g/mol. The van der Waals surface area contributed by atoms with Crippen LogP contribution in [0.3, 0.4) is 0 Å². The quantitative estimate of drug-likeness (QED) is 0.778. The third kappa shape index (κ3) is 3.51. The van der Waals surface area contributed by atoms with Crippen molar-refractivity contribution in [3.8, 4) is 11.5 Å². The highest BCUT2D eigenvalue weighted by atomic mass is 16.5. The second-order valence-corrected chi connectivity index (χ2v) is 5.47. The van der Waals surface area contributed by atoms with Gasteiger partial charge in [0.05, 0.1) is 18.4 Å². The molecule has 118 valence electrons. The van der Waals surface area contributed by atoms with Gasteiger partial charge in [0.15, 0.2) is 0 Å². The molecular formula is C18H20N4O. The molecule has 0 atom stereocenters. The summed E-state index contributed by atoms with van der Waals surface area (Å²) in [5.41, 5.74) is 3.38. The number of rotatable bonds is 5. The maximum Gasteiger partial charge on any atom is 0.130 e. The van der Waals surface area contributed by atoms with Crippen LogP contribution in [0.2, 0.25) is 0 Å². The minimum absolute atomic E-state index is 0.739. The van der Waals surface area contributed by atoms with Crippen molar-refractivity contribution < 1.29 is 4.74 Å². The molecule has 5 nitrogen and oxygen atoms in total. The number of hydrogen-bond acceptors (Lipinski definition) is 4. The van der Waals surface area contributed by atoms with Gasteiger partial charge in [-0.05, 0) is 49.7 Å². The zero-order chi connectivity index (χ0) is 16.2. The number of imidazole rings is 1. The van der Waals surface area contributed by atoms with Gasteiger partial charge in [0, 0.05) is 25.1 Å². The van der Waals surface area contributed by atoms with Crippen LogP contribution in [0, 0.1) is 13.8 Å². The van der Waals surface area contributed by atoms with E-state index in [1.165, 1.54) is 0 Å². The maximum absolute atomic E-state index is 5.82. The molecule has 0 fully saturated rings. The second-order valence-electron chi connectivity index (χ2n) is 5.47. The van der Waals surface area contributed by atoms with E-state index in [-0.39, 0.29) is 0 Å². The Balaban J connectivity index is 1.68. The third-order valence-corrected chi connectivity index (χ3v) is 3.86. The number of aromatic nitrogens is 3. The molecule has 0 aliphatic rings. The Hall–Kier alpha value is -2.82. The first kappa shape index (κ1) is 15.1. The van der Waals surface area contributed by atoms with Gasteiger partial charge >= 0.3 is 0 Å². The van der Waals surface area contributed by atoms with Gasteiger partial charge in [-0.3, -0.25) is 4.98 Å². The van der Waals surface area contributed by atoms with Crippen LogP contribution in [0.25, 0.3) is 0 Å². The maximum atomic E-state index is 5.82. The molecule has 23 heavy (non-hydrogen) atoms. The predicted molar refractivity (Wildman–Crippen MR) is 90.8 cm³/mol. The third-order valence-electron chi connectivity index (χ3n) is 3.86. The normalized spacial score (nSPS) is 10.6. The molecule has 2 heterocycles. The van der Waals surface area contributed by atoms with E-state index < -0.39 is 0 Å². The number of anilines is 1. The Labute approximate surface area is 136 Å². The summed E-state index contributed by atoms with van der Waals surface area (Å²) in [5.74, 6) is 2.61. The average Bonchev–Trinajstić information content (AvgIpc) is 2.87. The lowest BCUT2D eigenvalue weighted by atomic mass is 10.2. The van der Waals surface area contributed by atoms with E-state index >= 15 is 0 Å². The molecule has 3 rings (SSSR count). The molecule has 0 aliphatic heterocycles. The van der Waals surface area contributed by atoms with Gasteiger partial charge in [0.25, 0.3) is 0 Å². The Morgan fingerprint density at radius 3 is 2.52 bits per heavy atom. The standard InChI is InChI=1S/C18H20N4O/c1-13-10-17(23-16-6-8-19-9-7-16)4-5-18(13)21-12-15-11-20-14(2)22(15)3/h4-11,21H,12H2,1-3H3. The fourth-order valence-corrected chi connectivity index (χ4v) is 2.34. The largest absolute Gasteiger partial charge is 0.457 e. The molecule has 1 N–H and O–H groups in total. The van der Waals surface area contributed by atoms with Crippen molar-refractivity contribution in [1.29, 1.82) is 0 Å². The first-order chi connectivity index (χ1) is 11.1. The predicted octanol–water partition coefficient (Wildman–Crippen LogP) is 3.84. The molecule has 0 radical (unpaired) electrons. The van der Waals surface area contributed by atoms with Gasteiger partial charge < -0.3 is 14.6 Å². The van der Waals surface area contributed by atoms with Gasteiger partial charge in [-0.15, -0.1) is 0 Å². The van der Waals surface area contributed by atoms with E-state index in [9.17, 15) is 0 Å². The molecule has 0 spiro atoms. The average molecular weight is 308 g/mol. The molecule has 0 aliphatic carbocycles. The summed E-state index contributed by atoms with van der Waals surface area (Å²) in [5, 5.41) is 3.45. The Morgan fingerprint density at radius 2 is 1.87 bits per heavy atom. The fourth-order valence-electron chi connectivity index (χ4n) is 2.34. The SMILES string of the molecule is Cc1cc(Oc2ccncc2)ccc1NCc1cnc(C)n1C. The molecule has 0 unspecified atom stereocenters. The van der Waals surface area contributed by atoms with Crippen LogP contribution in [0.5, 0.6) is 11.5 Å². The number of nitrogens with one attached hydrogen (secondary N) is 1. The van der Waals surface area contributed by atoms with Crippen molar-refractivity contribution in [1.82, 2.24) is 14.5 Å². The number of ether oxygens (including phenoxy) is 1. The van der Waals surface area contributed by atoms with Gasteiger partial charge in [0.2, 0.25) is 0 Å². The highest BCUT2D eigenvalue weighted by Gasteiger charge is 2.05. The van der Waals surface area contributed by atoms with Crippen molar-refractivity contribution in [2.75, 3.05) is 5.32 Å². The molecule has 0 bridgehead atoms. The summed E-state index contributed by atoms with van der Waals surface area (Å²) >= 11 is 0. The summed E-state index contributed by atoms with van der Waals surface area (Å²) in [6.07, 6.45) is 5.33. The van der Waals surface area contributed by atoms with Crippen LogP contribution in [0.1, 0.15) is 17.1 Å². The number of benzene rings is 1. The van der Waals surface area contributed by atoms with Crippen molar-refractivity contribution in [3.05, 3.63) is 66.0 Å². The first-order valence-electron chi connectivity index (χ1n) is 7.53. The first-order valence-corrected chi connectivity index (χ1v) is 7.53. The lowest BCUT2D eigenvalue weighted by Crippen LogP contribution is -2.06. The fraction of sp³-hybridized carbons (Fsp3) is 0.222. The second kappa shape index (κ2) is 6.52. The lowest BCUT2D eigenvalue weighted by molar-refractivity contribution is 0.481. The Bertz CT molecular complexity index is 796. The molecule has 5 heteroatoms. The lowest BCUT2D eigenvalue weighted by Gasteiger charge is -2.12. The van der Waals surface area contributed by atoms with E-state index in [0.29, 0.717) is 0 Å². The van der Waals surface area contributed by atoms with Gasteiger partial charge in [-0.25, -0.2) is 4.98 Å². The highest BCUT2D eigenvalue weighted by molar-refractivity contribution is 5.54. The molecule has 0 saturated carbocycles. The van der Waals surface area contributed by atoms with Crippen LogP contribution in [0.4, 0.5) is 5.69 Å². The van der Waals surface area contributed by atoms with E-state index in [1.54, 1.807) is 12.4 Å². The molecule has 2 aromatic heterocycles. The molecule has 0 saturated heterocycles. The zero-order valence-corrected chi connectivity index (χ0v) is 13.6. The van der Waals surface area contributed by atoms with E-state index in [1.807, 2.05) is 50.5 Å². The van der Waals surface area contributed by atoms with E-state index in [2.05, 4.69) is 26.8 Å². The van der Waals surface area contributed by atoms with Gasteiger partial charge in [-0.1, -0.05) is 0 Å². The van der Waals surface area contributed by atoms with Crippen molar-refractivity contribution >= 4 is 5.69 Å². The van der Waals surface area contributed by atoms with Crippen molar-refractivity contribution in [3.63, 3.8) is 0 Å². The van der Waals surface area contributed by atoms with Crippen LogP contribution < -0.4 is 10.1 Å². The summed E-state index contributed by atoms with van der Waals surface area (Å²) in [4.78, 5) is 8.29. The van der Waals surface area contributed by atoms with Crippen LogP contribution in [-0.4, -0.2) is 14.5 Å². The molecule has 0 amide bonds. The smallest absolute Gasteiger partial charge is 0.130 e. The van der Waals surface area contributed by atoms with Crippen LogP contribution in [-0.2, 0) is 13.6 Å².